The van der Waals surface area contributed by atoms with E-state index in [-0.39, 0.29) is 24.9 Å². The van der Waals surface area contributed by atoms with Gasteiger partial charge in [0.15, 0.2) is 0 Å². The largest absolute Gasteiger partial charge is 0.489 e. The molecule has 0 aromatic heterocycles. The van der Waals surface area contributed by atoms with Crippen LogP contribution in [0, 0.1) is 5.82 Å². The van der Waals surface area contributed by atoms with Crippen molar-refractivity contribution in [3.8, 4) is 28.0 Å². The van der Waals surface area contributed by atoms with Gasteiger partial charge in [0.1, 0.15) is 18.2 Å². The molecule has 5 heteroatoms. The minimum absolute atomic E-state index is 0.124. The van der Waals surface area contributed by atoms with E-state index in [0.717, 1.165) is 28.7 Å². The van der Waals surface area contributed by atoms with Crippen LogP contribution in [-0.2, 0) is 17.8 Å². The molecule has 0 saturated carbocycles. The van der Waals surface area contributed by atoms with Crippen LogP contribution in [-0.4, -0.2) is 11.1 Å². The van der Waals surface area contributed by atoms with Crippen LogP contribution in [0.25, 0.3) is 22.3 Å². The molecule has 0 saturated heterocycles. The summed E-state index contributed by atoms with van der Waals surface area (Å²) in [4.78, 5) is 11.2. The minimum Gasteiger partial charge on any atom is -0.489 e. The van der Waals surface area contributed by atoms with E-state index in [2.05, 4.69) is 0 Å². The highest BCUT2D eigenvalue weighted by atomic mass is 19.1. The lowest BCUT2D eigenvalue weighted by molar-refractivity contribution is -0.136. The molecule has 4 rings (SSSR count). The number of hydrogen-bond donors (Lipinski definition) is 2. The molecule has 0 aliphatic rings. The zero-order valence-electron chi connectivity index (χ0n) is 20.3. The van der Waals surface area contributed by atoms with E-state index >= 15 is 4.39 Å². The van der Waals surface area contributed by atoms with E-state index in [1.54, 1.807) is 30.3 Å². The number of aliphatic carboxylic acids is 1. The molecule has 0 heterocycles. The van der Waals surface area contributed by atoms with Gasteiger partial charge >= 0.3 is 5.97 Å². The molecule has 1 unspecified atom stereocenters. The fourth-order valence-electron chi connectivity index (χ4n) is 4.37. The zero-order valence-corrected chi connectivity index (χ0v) is 20.3. The van der Waals surface area contributed by atoms with E-state index in [4.69, 9.17) is 10.5 Å². The van der Waals surface area contributed by atoms with Gasteiger partial charge in [0.2, 0.25) is 0 Å². The summed E-state index contributed by atoms with van der Waals surface area (Å²) in [7, 11) is 0. The van der Waals surface area contributed by atoms with Crippen molar-refractivity contribution >= 4 is 5.97 Å². The van der Waals surface area contributed by atoms with E-state index in [1.807, 2.05) is 67.6 Å². The van der Waals surface area contributed by atoms with Crippen LogP contribution in [0.1, 0.15) is 42.5 Å². The van der Waals surface area contributed by atoms with Gasteiger partial charge in [-0.1, -0.05) is 80.1 Å². The molecule has 0 aliphatic carbocycles. The quantitative estimate of drug-likeness (QED) is 0.251. The van der Waals surface area contributed by atoms with Gasteiger partial charge < -0.3 is 15.6 Å². The van der Waals surface area contributed by atoms with Crippen LogP contribution in [0.4, 0.5) is 4.39 Å². The Morgan fingerprint density at radius 1 is 0.917 bits per heavy atom. The van der Waals surface area contributed by atoms with Crippen LogP contribution in [0.3, 0.4) is 0 Å². The minimum atomic E-state index is -0.920. The first-order valence-electron chi connectivity index (χ1n) is 12.1. The number of benzene rings is 4. The van der Waals surface area contributed by atoms with Gasteiger partial charge in [0, 0.05) is 22.7 Å². The van der Waals surface area contributed by atoms with Gasteiger partial charge in [0.05, 0.1) is 6.42 Å². The van der Waals surface area contributed by atoms with Gasteiger partial charge in [-0.2, -0.15) is 0 Å². The number of ether oxygens (including phenoxy) is 1. The number of rotatable bonds is 10. The standard InChI is InChI=1S/C31H30FNO3/c1-2-9-28(33)27-14-8-13-26(31(27)32)25-17-21(16-24(18-25)22-10-4-3-5-11-22)20-36-29-15-7-6-12-23(29)19-30(34)35/h3-8,10-18,28H,2,9,19-20,33H2,1H3,(H,34,35). The molecule has 0 radical (unpaired) electrons. The van der Waals surface area contributed by atoms with Gasteiger partial charge in [-0.3, -0.25) is 4.79 Å². The maximum absolute atomic E-state index is 15.7. The number of halogens is 1. The summed E-state index contributed by atoms with van der Waals surface area (Å²) in [5.41, 5.74) is 11.4. The lowest BCUT2D eigenvalue weighted by Gasteiger charge is -2.16. The lowest BCUT2D eigenvalue weighted by atomic mass is 9.93. The monoisotopic (exact) mass is 483 g/mol. The highest BCUT2D eigenvalue weighted by molar-refractivity contribution is 5.75. The van der Waals surface area contributed by atoms with Gasteiger partial charge in [0.25, 0.3) is 0 Å². The Bertz CT molecular complexity index is 1340. The third-order valence-corrected chi connectivity index (χ3v) is 6.15. The van der Waals surface area contributed by atoms with Crippen LogP contribution < -0.4 is 10.5 Å². The van der Waals surface area contributed by atoms with Gasteiger partial charge in [-0.15, -0.1) is 0 Å². The first-order valence-corrected chi connectivity index (χ1v) is 12.1. The molecule has 0 amide bonds. The molecular weight excluding hydrogens is 453 g/mol. The molecule has 0 aliphatic heterocycles. The van der Waals surface area contributed by atoms with Crippen molar-refractivity contribution in [3.05, 3.63) is 114 Å². The Kier molecular flexibility index (Phi) is 8.13. The number of para-hydroxylation sites is 1. The van der Waals surface area contributed by atoms with Crippen molar-refractivity contribution in [1.29, 1.82) is 0 Å². The van der Waals surface area contributed by atoms with Crippen molar-refractivity contribution in [3.63, 3.8) is 0 Å². The summed E-state index contributed by atoms with van der Waals surface area (Å²) in [6.45, 7) is 2.24. The molecule has 4 nitrogen and oxygen atoms in total. The smallest absolute Gasteiger partial charge is 0.307 e. The molecule has 0 fully saturated rings. The average molecular weight is 484 g/mol. The Labute approximate surface area is 211 Å². The van der Waals surface area contributed by atoms with E-state index in [1.165, 1.54) is 0 Å². The topological polar surface area (TPSA) is 72.5 Å². The van der Waals surface area contributed by atoms with Crippen molar-refractivity contribution < 1.29 is 19.0 Å². The van der Waals surface area contributed by atoms with E-state index in [0.29, 0.717) is 28.9 Å². The summed E-state index contributed by atoms with van der Waals surface area (Å²) in [5, 5.41) is 9.22. The third-order valence-electron chi connectivity index (χ3n) is 6.15. The Morgan fingerprint density at radius 2 is 1.64 bits per heavy atom. The summed E-state index contributed by atoms with van der Waals surface area (Å²) in [6.07, 6.45) is 1.46. The first-order chi connectivity index (χ1) is 17.5. The van der Waals surface area contributed by atoms with Crippen LogP contribution in [0.2, 0.25) is 0 Å². The van der Waals surface area contributed by atoms with Crippen molar-refractivity contribution in [2.24, 2.45) is 5.73 Å². The second kappa shape index (κ2) is 11.6. The Morgan fingerprint density at radius 3 is 2.39 bits per heavy atom. The number of carboxylic acid groups (broad SMARTS) is 1. The van der Waals surface area contributed by atoms with Crippen LogP contribution >= 0.6 is 0 Å². The lowest BCUT2D eigenvalue weighted by Crippen LogP contribution is -2.12. The summed E-state index contributed by atoms with van der Waals surface area (Å²) in [5.74, 6) is -0.705. The number of carboxylic acids is 1. The van der Waals surface area contributed by atoms with E-state index in [9.17, 15) is 9.90 Å². The van der Waals surface area contributed by atoms with Gasteiger partial charge in [-0.25, -0.2) is 4.39 Å². The summed E-state index contributed by atoms with van der Waals surface area (Å²) >= 11 is 0. The molecule has 1 atom stereocenters. The Balaban J connectivity index is 1.73. The Hall–Kier alpha value is -3.96. The van der Waals surface area contributed by atoms with Crippen molar-refractivity contribution in [2.75, 3.05) is 0 Å². The average Bonchev–Trinajstić information content (AvgIpc) is 2.88. The molecule has 0 spiro atoms. The maximum atomic E-state index is 15.7. The van der Waals surface area contributed by atoms with E-state index < -0.39 is 5.97 Å². The van der Waals surface area contributed by atoms with Gasteiger partial charge in [-0.05, 0) is 52.9 Å². The van der Waals surface area contributed by atoms with Crippen molar-refractivity contribution in [1.82, 2.24) is 0 Å². The predicted molar refractivity (Wildman–Crippen MR) is 141 cm³/mol. The highest BCUT2D eigenvalue weighted by Crippen LogP contribution is 2.33. The molecule has 0 bridgehead atoms. The number of nitrogens with two attached hydrogens (primary N) is 1. The zero-order chi connectivity index (χ0) is 25.5. The second-order valence-corrected chi connectivity index (χ2v) is 8.86. The summed E-state index contributed by atoms with van der Waals surface area (Å²) < 4.78 is 21.7. The number of hydrogen-bond acceptors (Lipinski definition) is 3. The van der Waals surface area contributed by atoms with Crippen LogP contribution in [0.5, 0.6) is 5.75 Å². The molecular formula is C31H30FNO3. The first kappa shape index (κ1) is 25.1. The predicted octanol–water partition coefficient (Wildman–Crippen LogP) is 7.17. The molecule has 4 aromatic carbocycles. The summed E-state index contributed by atoms with van der Waals surface area (Å²) in [6, 6.07) is 27.9. The molecule has 36 heavy (non-hydrogen) atoms. The molecule has 184 valence electrons. The molecule has 3 N–H and O–H groups in total. The maximum Gasteiger partial charge on any atom is 0.307 e. The normalized spacial score (nSPS) is 11.8. The van der Waals surface area contributed by atoms with Crippen molar-refractivity contribution in [2.45, 2.75) is 38.8 Å². The fourth-order valence-corrected chi connectivity index (χ4v) is 4.37. The SMILES string of the molecule is CCCC(N)c1cccc(-c2cc(COc3ccccc3CC(=O)O)cc(-c3ccccc3)c2)c1F. The van der Waals surface area contributed by atoms with Crippen LogP contribution in [0.15, 0.2) is 91.0 Å². The number of carbonyl (C=O) groups is 1. The fraction of sp³-hybridized carbons (Fsp3) is 0.194. The molecule has 4 aromatic rings. The third kappa shape index (κ3) is 5.99. The second-order valence-electron chi connectivity index (χ2n) is 8.86. The highest BCUT2D eigenvalue weighted by Gasteiger charge is 2.17.